The lowest BCUT2D eigenvalue weighted by Gasteiger charge is -2.41. The molecule has 1 aliphatic heterocycles. The highest BCUT2D eigenvalue weighted by Gasteiger charge is 2.42. The number of nitrogens with one attached hydrogen (secondary N) is 1. The first-order valence-corrected chi connectivity index (χ1v) is 11.4. The number of benzene rings is 1. The van der Waals surface area contributed by atoms with Crippen LogP contribution < -0.4 is 5.32 Å². The number of carbonyl (C=O) groups excluding carboxylic acids is 2. The third-order valence-corrected chi connectivity index (χ3v) is 6.36. The molecule has 0 spiro atoms. The van der Waals surface area contributed by atoms with E-state index >= 15 is 0 Å². The Balaban J connectivity index is 1.72. The fraction of sp³-hybridized carbons (Fsp3) is 0.458. The summed E-state index contributed by atoms with van der Waals surface area (Å²) in [5.74, 6) is -5.57. The van der Waals surface area contributed by atoms with Gasteiger partial charge in [-0.3, -0.25) is 19.5 Å². The maximum Gasteiger partial charge on any atom is 0.324 e. The first kappa shape index (κ1) is 26.0. The Kier molecular flexibility index (Phi) is 7.88. The van der Waals surface area contributed by atoms with Gasteiger partial charge in [-0.25, -0.2) is 4.39 Å². The predicted molar refractivity (Wildman–Crippen MR) is 125 cm³/mol. The first-order chi connectivity index (χ1) is 15.9. The number of carbonyl (C=O) groups is 2. The first-order valence-electron chi connectivity index (χ1n) is 11.1. The molecular weight excluding hydrogens is 469 g/mol. The minimum Gasteiger partial charge on any atom is -0.332 e. The van der Waals surface area contributed by atoms with Gasteiger partial charge in [0.05, 0.1) is 11.3 Å². The van der Waals surface area contributed by atoms with E-state index in [0.29, 0.717) is 30.3 Å². The number of hydrogen-bond acceptors (Lipinski definition) is 4. The molecule has 2 heterocycles. The van der Waals surface area contributed by atoms with Crippen molar-refractivity contribution in [1.29, 1.82) is 0 Å². The Hall–Kier alpha value is -2.65. The Morgan fingerprint density at radius 2 is 1.94 bits per heavy atom. The Bertz CT molecular complexity index is 1100. The number of amides is 2. The molecule has 184 valence electrons. The third kappa shape index (κ3) is 5.70. The number of hydrogen-bond donors (Lipinski definition) is 1. The van der Waals surface area contributed by atoms with Crippen molar-refractivity contribution >= 4 is 29.1 Å². The number of rotatable bonds is 6. The van der Waals surface area contributed by atoms with Crippen LogP contribution in [0.4, 0.5) is 18.9 Å². The lowest BCUT2D eigenvalue weighted by Crippen LogP contribution is -2.57. The molecule has 2 amide bonds. The number of aryl methyl sites for hydroxylation is 1. The van der Waals surface area contributed by atoms with Crippen molar-refractivity contribution in [1.82, 2.24) is 14.8 Å². The molecule has 1 atom stereocenters. The molecule has 0 aliphatic carbocycles. The van der Waals surface area contributed by atoms with Gasteiger partial charge in [0, 0.05) is 55.5 Å². The predicted octanol–water partition coefficient (Wildman–Crippen LogP) is 4.82. The van der Waals surface area contributed by atoms with Crippen molar-refractivity contribution < 1.29 is 22.8 Å². The monoisotopic (exact) mass is 496 g/mol. The number of halogens is 4. The second-order valence-electron chi connectivity index (χ2n) is 8.62. The van der Waals surface area contributed by atoms with Crippen LogP contribution in [0, 0.1) is 19.7 Å². The van der Waals surface area contributed by atoms with E-state index in [1.54, 1.807) is 19.1 Å². The van der Waals surface area contributed by atoms with Gasteiger partial charge in [-0.05, 0) is 50.1 Å². The van der Waals surface area contributed by atoms with Crippen LogP contribution in [0.2, 0.25) is 5.02 Å². The highest BCUT2D eigenvalue weighted by molar-refractivity contribution is 6.31. The average Bonchev–Trinajstić information content (AvgIpc) is 2.78. The lowest BCUT2D eigenvalue weighted by atomic mass is 10.0. The molecule has 0 radical (unpaired) electrons. The summed E-state index contributed by atoms with van der Waals surface area (Å²) < 4.78 is 41.6. The van der Waals surface area contributed by atoms with Gasteiger partial charge in [0.25, 0.3) is 11.8 Å². The van der Waals surface area contributed by atoms with E-state index in [1.165, 1.54) is 24.9 Å². The maximum atomic E-state index is 13.9. The van der Waals surface area contributed by atoms with Crippen molar-refractivity contribution in [2.24, 2.45) is 0 Å². The van der Waals surface area contributed by atoms with Gasteiger partial charge in [-0.1, -0.05) is 18.5 Å². The van der Waals surface area contributed by atoms with Crippen LogP contribution in [0.5, 0.6) is 0 Å². The quantitative estimate of drug-likeness (QED) is 0.622. The fourth-order valence-electron chi connectivity index (χ4n) is 3.94. The van der Waals surface area contributed by atoms with E-state index in [4.69, 9.17) is 11.6 Å². The number of pyridine rings is 1. The molecule has 0 saturated carbocycles. The van der Waals surface area contributed by atoms with Gasteiger partial charge in [-0.15, -0.1) is 0 Å². The average molecular weight is 497 g/mol. The van der Waals surface area contributed by atoms with Gasteiger partial charge in [-0.2, -0.15) is 8.78 Å². The molecule has 0 bridgehead atoms. The maximum absolute atomic E-state index is 13.9. The van der Waals surface area contributed by atoms with Gasteiger partial charge < -0.3 is 10.2 Å². The molecular formula is C24H28ClF3N4O2. The topological polar surface area (TPSA) is 65.5 Å². The fourth-order valence-corrected chi connectivity index (χ4v) is 4.18. The summed E-state index contributed by atoms with van der Waals surface area (Å²) in [4.78, 5) is 32.0. The summed E-state index contributed by atoms with van der Waals surface area (Å²) in [5, 5.41) is 3.17. The number of aromatic nitrogens is 1. The number of nitrogens with zero attached hydrogens (tertiary/aromatic N) is 3. The molecule has 2 aromatic rings. The van der Waals surface area contributed by atoms with Crippen LogP contribution in [0.25, 0.3) is 0 Å². The van der Waals surface area contributed by atoms with Crippen LogP contribution in [0.15, 0.2) is 24.4 Å². The molecule has 1 aromatic heterocycles. The minimum atomic E-state index is -3.36. The standard InChI is InChI=1S/C24H28ClF3N4O2/c1-5-24(27,28)23(34)32-7-6-31(12-14(32)2)13-18-8-19(25)10-21(15(18)3)30-22(33)17-9-20(26)16(4)29-11-17/h8-11,14H,5-7,12-13H2,1-4H3,(H,30,33). The summed E-state index contributed by atoms with van der Waals surface area (Å²) in [7, 11) is 0. The van der Waals surface area contributed by atoms with Crippen molar-refractivity contribution in [2.45, 2.75) is 52.6 Å². The van der Waals surface area contributed by atoms with E-state index in [-0.39, 0.29) is 23.8 Å². The molecule has 1 aromatic carbocycles. The molecule has 10 heteroatoms. The van der Waals surface area contributed by atoms with Gasteiger partial charge in [0.1, 0.15) is 5.82 Å². The van der Waals surface area contributed by atoms with E-state index in [1.807, 2.05) is 6.92 Å². The number of anilines is 1. The van der Waals surface area contributed by atoms with Gasteiger partial charge in [0.2, 0.25) is 0 Å². The van der Waals surface area contributed by atoms with Crippen LogP contribution >= 0.6 is 11.6 Å². The highest BCUT2D eigenvalue weighted by atomic mass is 35.5. The molecule has 34 heavy (non-hydrogen) atoms. The van der Waals surface area contributed by atoms with E-state index in [9.17, 15) is 22.8 Å². The number of alkyl halides is 2. The second kappa shape index (κ2) is 10.3. The van der Waals surface area contributed by atoms with Crippen molar-refractivity contribution in [3.05, 3.63) is 57.6 Å². The molecule has 1 fully saturated rings. The summed E-state index contributed by atoms with van der Waals surface area (Å²) in [6, 6.07) is 4.15. The third-order valence-electron chi connectivity index (χ3n) is 6.14. The van der Waals surface area contributed by atoms with Crippen LogP contribution in [0.1, 0.15) is 47.4 Å². The minimum absolute atomic E-state index is 0.0857. The largest absolute Gasteiger partial charge is 0.332 e. The summed E-state index contributed by atoms with van der Waals surface area (Å²) in [5.41, 5.74) is 2.40. The molecule has 1 N–H and O–H groups in total. The van der Waals surface area contributed by atoms with Crippen LogP contribution in [0.3, 0.4) is 0 Å². The smallest absolute Gasteiger partial charge is 0.324 e. The van der Waals surface area contributed by atoms with E-state index in [0.717, 1.165) is 17.2 Å². The zero-order valence-corrected chi connectivity index (χ0v) is 20.3. The van der Waals surface area contributed by atoms with Crippen molar-refractivity contribution in [3.63, 3.8) is 0 Å². The SMILES string of the molecule is CCC(F)(F)C(=O)N1CCN(Cc2cc(Cl)cc(NC(=O)c3cnc(C)c(F)c3)c2C)CC1C. The zero-order chi connectivity index (χ0) is 25.2. The molecule has 1 aliphatic rings. The second-order valence-corrected chi connectivity index (χ2v) is 9.06. The van der Waals surface area contributed by atoms with Crippen LogP contribution in [-0.2, 0) is 11.3 Å². The lowest BCUT2D eigenvalue weighted by molar-refractivity contribution is -0.162. The summed E-state index contributed by atoms with van der Waals surface area (Å²) >= 11 is 6.30. The Morgan fingerprint density at radius 3 is 2.56 bits per heavy atom. The van der Waals surface area contributed by atoms with Gasteiger partial charge >= 0.3 is 5.92 Å². The normalized spacial score (nSPS) is 17.1. The zero-order valence-electron chi connectivity index (χ0n) is 19.6. The summed E-state index contributed by atoms with van der Waals surface area (Å²) in [6.45, 7) is 7.91. The number of piperazine rings is 1. The van der Waals surface area contributed by atoms with E-state index in [2.05, 4.69) is 15.2 Å². The molecule has 1 unspecified atom stereocenters. The van der Waals surface area contributed by atoms with Crippen LogP contribution in [-0.4, -0.2) is 58.2 Å². The molecule has 3 rings (SSSR count). The Morgan fingerprint density at radius 1 is 1.24 bits per heavy atom. The van der Waals surface area contributed by atoms with Gasteiger partial charge in [0.15, 0.2) is 0 Å². The van der Waals surface area contributed by atoms with Crippen molar-refractivity contribution in [2.75, 3.05) is 25.0 Å². The highest BCUT2D eigenvalue weighted by Crippen LogP contribution is 2.28. The summed E-state index contributed by atoms with van der Waals surface area (Å²) in [6.07, 6.45) is 0.777. The van der Waals surface area contributed by atoms with Crippen molar-refractivity contribution in [3.8, 4) is 0 Å². The molecule has 6 nitrogen and oxygen atoms in total. The Labute approximate surface area is 202 Å². The molecule has 1 saturated heterocycles. The van der Waals surface area contributed by atoms with E-state index < -0.39 is 30.0 Å².